The van der Waals surface area contributed by atoms with Crippen molar-refractivity contribution in [3.05, 3.63) is 0 Å². The molecular weight excluding hydrogens is 230 g/mol. The molecule has 2 N–H and O–H groups in total. The van der Waals surface area contributed by atoms with Gasteiger partial charge in [0.1, 0.15) is 0 Å². The van der Waals surface area contributed by atoms with Crippen molar-refractivity contribution < 1.29 is 14.6 Å². The molecule has 0 spiro atoms. The van der Waals surface area contributed by atoms with E-state index in [1.54, 1.807) is 7.11 Å². The molecule has 0 aromatic carbocycles. The molecule has 0 bridgehead atoms. The predicted octanol–water partition coefficient (Wildman–Crippen LogP) is 2.74. The van der Waals surface area contributed by atoms with Crippen molar-refractivity contribution in [2.75, 3.05) is 26.9 Å². The van der Waals surface area contributed by atoms with Gasteiger partial charge < -0.3 is 15.2 Å². The molecule has 4 nitrogen and oxygen atoms in total. The maximum absolute atomic E-state index is 11.2. The van der Waals surface area contributed by atoms with Crippen molar-refractivity contribution in [1.29, 1.82) is 0 Å². The van der Waals surface area contributed by atoms with E-state index in [1.807, 2.05) is 27.7 Å². The SMILES string of the molecule is CC.CC.COCCCNC(=O)CCCCCO. The standard InChI is InChI=1S/C10H21NO3.2C2H6/c1-14-9-5-7-11-10(13)6-3-2-4-8-12;2*1-2/h12H,2-9H2,1H3,(H,11,13);2*1-2H3. The molecule has 0 saturated heterocycles. The molecule has 4 heteroatoms. The summed E-state index contributed by atoms with van der Waals surface area (Å²) in [6.07, 6.45) is 3.99. The number of unbranched alkanes of at least 4 members (excludes halogenated alkanes) is 2. The summed E-state index contributed by atoms with van der Waals surface area (Å²) < 4.78 is 4.86. The maximum Gasteiger partial charge on any atom is 0.219 e. The average Bonchev–Trinajstić information content (AvgIpc) is 2.44. The van der Waals surface area contributed by atoms with E-state index in [0.717, 1.165) is 25.7 Å². The Morgan fingerprint density at radius 3 is 2.17 bits per heavy atom. The first-order valence-corrected chi connectivity index (χ1v) is 7.17. The van der Waals surface area contributed by atoms with E-state index in [-0.39, 0.29) is 12.5 Å². The number of hydrogen-bond donors (Lipinski definition) is 2. The van der Waals surface area contributed by atoms with Crippen molar-refractivity contribution in [2.24, 2.45) is 0 Å². The molecule has 0 rings (SSSR count). The number of methoxy groups -OCH3 is 1. The summed E-state index contributed by atoms with van der Waals surface area (Å²) in [5.41, 5.74) is 0. The largest absolute Gasteiger partial charge is 0.396 e. The van der Waals surface area contributed by atoms with Crippen LogP contribution in [0.25, 0.3) is 0 Å². The van der Waals surface area contributed by atoms with Gasteiger partial charge in [0.15, 0.2) is 0 Å². The van der Waals surface area contributed by atoms with Gasteiger partial charge in [0.25, 0.3) is 0 Å². The lowest BCUT2D eigenvalue weighted by atomic mass is 10.2. The number of nitrogens with one attached hydrogen (secondary N) is 1. The molecule has 0 saturated carbocycles. The summed E-state index contributed by atoms with van der Waals surface area (Å²) in [6, 6.07) is 0. The molecule has 0 fully saturated rings. The van der Waals surface area contributed by atoms with Crippen molar-refractivity contribution in [2.45, 2.75) is 59.8 Å². The minimum absolute atomic E-state index is 0.0963. The number of hydrogen-bond acceptors (Lipinski definition) is 3. The van der Waals surface area contributed by atoms with Crippen molar-refractivity contribution in [3.8, 4) is 0 Å². The molecule has 0 aliphatic carbocycles. The second kappa shape index (κ2) is 25.3. The van der Waals surface area contributed by atoms with Crippen LogP contribution in [0.15, 0.2) is 0 Å². The van der Waals surface area contributed by atoms with Crippen LogP contribution in [0.3, 0.4) is 0 Å². The Kier molecular flexibility index (Phi) is 31.7. The number of rotatable bonds is 9. The molecule has 0 unspecified atom stereocenters. The van der Waals surface area contributed by atoms with E-state index >= 15 is 0 Å². The van der Waals surface area contributed by atoms with Crippen molar-refractivity contribution in [1.82, 2.24) is 5.32 Å². The van der Waals surface area contributed by atoms with E-state index in [9.17, 15) is 4.79 Å². The second-order valence-electron chi connectivity index (χ2n) is 3.23. The zero-order valence-electron chi connectivity index (χ0n) is 12.9. The van der Waals surface area contributed by atoms with Crippen LogP contribution in [0.5, 0.6) is 0 Å². The van der Waals surface area contributed by atoms with Crippen molar-refractivity contribution in [3.63, 3.8) is 0 Å². The van der Waals surface area contributed by atoms with Crippen LogP contribution in [-0.2, 0) is 9.53 Å². The van der Waals surface area contributed by atoms with Gasteiger partial charge in [-0.25, -0.2) is 0 Å². The molecule has 0 heterocycles. The number of aliphatic hydroxyl groups excluding tert-OH is 1. The highest BCUT2D eigenvalue weighted by atomic mass is 16.5. The average molecular weight is 263 g/mol. The number of carbonyl (C=O) groups is 1. The summed E-state index contributed by atoms with van der Waals surface area (Å²) in [7, 11) is 1.65. The Morgan fingerprint density at radius 1 is 1.06 bits per heavy atom. The number of carbonyl (C=O) groups excluding carboxylic acids is 1. The highest BCUT2D eigenvalue weighted by molar-refractivity contribution is 5.75. The first kappa shape index (κ1) is 22.6. The molecule has 0 atom stereocenters. The fraction of sp³-hybridized carbons (Fsp3) is 0.929. The number of amides is 1. The third-order valence-corrected chi connectivity index (χ3v) is 1.91. The highest BCUT2D eigenvalue weighted by Gasteiger charge is 1.99. The molecule has 0 aromatic heterocycles. The van der Waals surface area contributed by atoms with Crippen LogP contribution < -0.4 is 5.32 Å². The zero-order chi connectivity index (χ0) is 14.6. The fourth-order valence-corrected chi connectivity index (χ4v) is 1.11. The maximum atomic E-state index is 11.2. The van der Waals surface area contributed by atoms with Crippen molar-refractivity contribution >= 4 is 5.91 Å². The molecule has 112 valence electrons. The van der Waals surface area contributed by atoms with Gasteiger partial charge in [0.2, 0.25) is 5.91 Å². The van der Waals surface area contributed by atoms with E-state index in [2.05, 4.69) is 5.32 Å². The van der Waals surface area contributed by atoms with Crippen LogP contribution in [0.1, 0.15) is 59.8 Å². The summed E-state index contributed by atoms with van der Waals surface area (Å²) >= 11 is 0. The highest BCUT2D eigenvalue weighted by Crippen LogP contribution is 1.98. The van der Waals surface area contributed by atoms with Crippen LogP contribution in [0.2, 0.25) is 0 Å². The molecule has 0 aliphatic rings. The van der Waals surface area contributed by atoms with E-state index in [1.165, 1.54) is 0 Å². The van der Waals surface area contributed by atoms with Crippen LogP contribution in [0.4, 0.5) is 0 Å². The Balaban J connectivity index is -0.000000506. The molecule has 0 aliphatic heterocycles. The van der Waals surface area contributed by atoms with Gasteiger partial charge in [-0.1, -0.05) is 34.1 Å². The second-order valence-corrected chi connectivity index (χ2v) is 3.23. The predicted molar refractivity (Wildman–Crippen MR) is 77.8 cm³/mol. The Morgan fingerprint density at radius 2 is 1.67 bits per heavy atom. The van der Waals surface area contributed by atoms with Gasteiger partial charge in [-0.15, -0.1) is 0 Å². The van der Waals surface area contributed by atoms with E-state index in [0.29, 0.717) is 19.6 Å². The van der Waals surface area contributed by atoms with Crippen LogP contribution in [-0.4, -0.2) is 37.9 Å². The fourth-order valence-electron chi connectivity index (χ4n) is 1.11. The number of ether oxygens (including phenoxy) is 1. The smallest absolute Gasteiger partial charge is 0.219 e. The lowest BCUT2D eigenvalue weighted by Crippen LogP contribution is -2.24. The Labute approximate surface area is 113 Å². The van der Waals surface area contributed by atoms with Gasteiger partial charge in [-0.3, -0.25) is 4.79 Å². The van der Waals surface area contributed by atoms with E-state index in [4.69, 9.17) is 9.84 Å². The third-order valence-electron chi connectivity index (χ3n) is 1.91. The first-order chi connectivity index (χ1) is 8.81. The van der Waals surface area contributed by atoms with Gasteiger partial charge in [0, 0.05) is 33.3 Å². The monoisotopic (exact) mass is 263 g/mol. The minimum Gasteiger partial charge on any atom is -0.396 e. The summed E-state index contributed by atoms with van der Waals surface area (Å²) in [5.74, 6) is 0.0963. The van der Waals surface area contributed by atoms with Gasteiger partial charge in [-0.05, 0) is 19.3 Å². The number of aliphatic hydroxyl groups is 1. The van der Waals surface area contributed by atoms with Gasteiger partial charge >= 0.3 is 0 Å². The van der Waals surface area contributed by atoms with Gasteiger partial charge in [-0.2, -0.15) is 0 Å². The normalized spacial score (nSPS) is 8.56. The topological polar surface area (TPSA) is 58.6 Å². The summed E-state index contributed by atoms with van der Waals surface area (Å²) in [4.78, 5) is 11.2. The molecule has 0 aromatic rings. The minimum atomic E-state index is 0.0963. The summed E-state index contributed by atoms with van der Waals surface area (Å²) in [5, 5.41) is 11.3. The van der Waals surface area contributed by atoms with E-state index < -0.39 is 0 Å². The lowest BCUT2D eigenvalue weighted by molar-refractivity contribution is -0.121. The molecule has 0 radical (unpaired) electrons. The van der Waals surface area contributed by atoms with Gasteiger partial charge in [0.05, 0.1) is 0 Å². The quantitative estimate of drug-likeness (QED) is 0.629. The lowest BCUT2D eigenvalue weighted by Gasteiger charge is -2.04. The van der Waals surface area contributed by atoms with Crippen LogP contribution >= 0.6 is 0 Å². The first-order valence-electron chi connectivity index (χ1n) is 7.17. The molecule has 18 heavy (non-hydrogen) atoms. The Bertz CT molecular complexity index is 127. The Hall–Kier alpha value is -0.610. The third kappa shape index (κ3) is 24.6. The zero-order valence-corrected chi connectivity index (χ0v) is 12.9. The molecule has 1 amide bonds. The van der Waals surface area contributed by atoms with Crippen LogP contribution in [0, 0.1) is 0 Å². The molecular formula is C14H33NO3. The summed E-state index contributed by atoms with van der Waals surface area (Å²) in [6.45, 7) is 9.59.